The van der Waals surface area contributed by atoms with E-state index in [1.54, 1.807) is 44.4 Å². The van der Waals surface area contributed by atoms with E-state index in [1.165, 1.54) is 0 Å². The number of alkyl halides is 1. The molecule has 0 aliphatic rings. The van der Waals surface area contributed by atoms with Gasteiger partial charge in [-0.2, -0.15) is 0 Å². The molecule has 17 heavy (non-hydrogen) atoms. The van der Waals surface area contributed by atoms with Crippen molar-refractivity contribution in [2.75, 3.05) is 33.7 Å². The van der Waals surface area contributed by atoms with Crippen LogP contribution in [-0.2, 0) is 0 Å². The molecule has 0 aromatic heterocycles. The van der Waals surface area contributed by atoms with Crippen LogP contribution < -0.4 is 9.47 Å². The lowest BCUT2D eigenvalue weighted by molar-refractivity contribution is 0.0802. The van der Waals surface area contributed by atoms with Crippen LogP contribution in [0.5, 0.6) is 11.5 Å². The van der Waals surface area contributed by atoms with Crippen LogP contribution >= 0.6 is 11.6 Å². The van der Waals surface area contributed by atoms with Crippen LogP contribution in [0.4, 0.5) is 0 Å². The molecule has 0 spiro atoms. The van der Waals surface area contributed by atoms with Crippen LogP contribution in [-0.4, -0.2) is 44.5 Å². The first-order chi connectivity index (χ1) is 8.12. The Bertz CT molecular complexity index is 373. The van der Waals surface area contributed by atoms with Gasteiger partial charge in [0.05, 0.1) is 14.2 Å². The molecule has 0 heterocycles. The van der Waals surface area contributed by atoms with Crippen LogP contribution in [0, 0.1) is 0 Å². The number of benzene rings is 1. The van der Waals surface area contributed by atoms with Crippen molar-refractivity contribution in [3.05, 3.63) is 23.8 Å². The van der Waals surface area contributed by atoms with E-state index in [-0.39, 0.29) is 5.91 Å². The average Bonchev–Trinajstić information content (AvgIpc) is 2.37. The molecule has 94 valence electrons. The number of rotatable bonds is 5. The highest BCUT2D eigenvalue weighted by Gasteiger charge is 2.13. The number of carbonyl (C=O) groups is 1. The minimum Gasteiger partial charge on any atom is -0.497 e. The Morgan fingerprint density at radius 3 is 2.18 bits per heavy atom. The molecule has 0 aliphatic carbocycles. The summed E-state index contributed by atoms with van der Waals surface area (Å²) in [6.07, 6.45) is 0. The molecule has 0 fully saturated rings. The lowest BCUT2D eigenvalue weighted by Gasteiger charge is -2.16. The fraction of sp³-hybridized carbons (Fsp3) is 0.417. The summed E-state index contributed by atoms with van der Waals surface area (Å²) in [7, 11) is 4.80. The summed E-state index contributed by atoms with van der Waals surface area (Å²) in [6, 6.07) is 5.07. The van der Waals surface area contributed by atoms with Crippen LogP contribution in [0.15, 0.2) is 18.2 Å². The van der Waals surface area contributed by atoms with Crippen molar-refractivity contribution in [2.45, 2.75) is 0 Å². The Labute approximate surface area is 106 Å². The number of hydrogen-bond donors (Lipinski definition) is 0. The zero-order valence-corrected chi connectivity index (χ0v) is 11.0. The third-order valence-corrected chi connectivity index (χ3v) is 2.53. The van der Waals surface area contributed by atoms with Gasteiger partial charge in [-0.3, -0.25) is 4.79 Å². The van der Waals surface area contributed by atoms with Crippen molar-refractivity contribution >= 4 is 17.5 Å². The summed E-state index contributed by atoms with van der Waals surface area (Å²) in [5.41, 5.74) is 0.522. The highest BCUT2D eigenvalue weighted by Crippen LogP contribution is 2.23. The van der Waals surface area contributed by atoms with Gasteiger partial charge in [0.25, 0.3) is 5.91 Å². The van der Waals surface area contributed by atoms with Gasteiger partial charge in [-0.15, -0.1) is 11.6 Å². The number of nitrogens with zero attached hydrogens (tertiary/aromatic N) is 1. The van der Waals surface area contributed by atoms with Gasteiger partial charge in [0.15, 0.2) is 0 Å². The van der Waals surface area contributed by atoms with Gasteiger partial charge in [0.2, 0.25) is 0 Å². The Balaban J connectivity index is 2.99. The highest BCUT2D eigenvalue weighted by molar-refractivity contribution is 6.18. The predicted molar refractivity (Wildman–Crippen MR) is 67.2 cm³/mol. The van der Waals surface area contributed by atoms with E-state index in [1.807, 2.05) is 0 Å². The van der Waals surface area contributed by atoms with Gasteiger partial charge in [0.1, 0.15) is 11.5 Å². The number of carbonyl (C=O) groups excluding carboxylic acids is 1. The van der Waals surface area contributed by atoms with Crippen molar-refractivity contribution < 1.29 is 14.3 Å². The van der Waals surface area contributed by atoms with Gasteiger partial charge >= 0.3 is 0 Å². The van der Waals surface area contributed by atoms with Crippen LogP contribution in [0.2, 0.25) is 0 Å². The average molecular weight is 258 g/mol. The molecule has 0 unspecified atom stereocenters. The van der Waals surface area contributed by atoms with E-state index < -0.39 is 0 Å². The quantitative estimate of drug-likeness (QED) is 0.758. The van der Waals surface area contributed by atoms with Crippen molar-refractivity contribution in [3.8, 4) is 11.5 Å². The van der Waals surface area contributed by atoms with Gasteiger partial charge < -0.3 is 14.4 Å². The zero-order chi connectivity index (χ0) is 12.8. The smallest absolute Gasteiger partial charge is 0.253 e. The molecule has 0 aliphatic heterocycles. The van der Waals surface area contributed by atoms with Crippen molar-refractivity contribution in [1.29, 1.82) is 0 Å². The number of hydrogen-bond acceptors (Lipinski definition) is 3. The molecule has 0 saturated heterocycles. The van der Waals surface area contributed by atoms with Gasteiger partial charge in [-0.05, 0) is 12.1 Å². The van der Waals surface area contributed by atoms with Crippen LogP contribution in [0.3, 0.4) is 0 Å². The lowest BCUT2D eigenvalue weighted by atomic mass is 10.1. The second-order valence-electron chi connectivity index (χ2n) is 3.52. The summed E-state index contributed by atoms with van der Waals surface area (Å²) in [5.74, 6) is 1.48. The Hall–Kier alpha value is -1.42. The molecule has 5 heteroatoms. The molecule has 1 aromatic rings. The Morgan fingerprint density at radius 2 is 1.76 bits per heavy atom. The maximum absolute atomic E-state index is 12.0. The standard InChI is InChI=1S/C12H16ClNO3/c1-14(5-4-13)12(15)9-6-10(16-2)8-11(7-9)17-3/h6-8H,4-5H2,1-3H3. The fourth-order valence-corrected chi connectivity index (χ4v) is 1.63. The van der Waals surface area contributed by atoms with Gasteiger partial charge in [-0.1, -0.05) is 0 Å². The molecule has 0 saturated carbocycles. The van der Waals surface area contributed by atoms with Gasteiger partial charge in [0, 0.05) is 31.1 Å². The molecule has 0 atom stereocenters. The topological polar surface area (TPSA) is 38.8 Å². The number of halogens is 1. The lowest BCUT2D eigenvalue weighted by Crippen LogP contribution is -2.28. The Morgan fingerprint density at radius 1 is 1.24 bits per heavy atom. The second-order valence-corrected chi connectivity index (χ2v) is 3.89. The zero-order valence-electron chi connectivity index (χ0n) is 10.2. The summed E-state index contributed by atoms with van der Waals surface area (Å²) in [4.78, 5) is 13.6. The Kier molecular flexibility index (Phi) is 5.10. The number of amides is 1. The second kappa shape index (κ2) is 6.35. The fourth-order valence-electron chi connectivity index (χ4n) is 1.38. The SMILES string of the molecule is COc1cc(OC)cc(C(=O)N(C)CCCl)c1. The first-order valence-electron chi connectivity index (χ1n) is 5.17. The maximum Gasteiger partial charge on any atom is 0.253 e. The summed E-state index contributed by atoms with van der Waals surface area (Å²) in [6.45, 7) is 0.500. The number of methoxy groups -OCH3 is 2. The molecule has 0 bridgehead atoms. The van der Waals surface area contributed by atoms with E-state index in [9.17, 15) is 4.79 Å². The summed E-state index contributed by atoms with van der Waals surface area (Å²) >= 11 is 5.60. The van der Waals surface area contributed by atoms with Crippen molar-refractivity contribution in [1.82, 2.24) is 4.90 Å². The monoisotopic (exact) mass is 257 g/mol. The van der Waals surface area contributed by atoms with Crippen LogP contribution in [0.25, 0.3) is 0 Å². The molecule has 0 N–H and O–H groups in total. The summed E-state index contributed by atoms with van der Waals surface area (Å²) < 4.78 is 10.2. The van der Waals surface area contributed by atoms with Gasteiger partial charge in [-0.25, -0.2) is 0 Å². The summed E-state index contributed by atoms with van der Waals surface area (Å²) in [5, 5.41) is 0. The maximum atomic E-state index is 12.0. The molecule has 1 aromatic carbocycles. The minimum absolute atomic E-state index is 0.108. The highest BCUT2D eigenvalue weighted by atomic mass is 35.5. The normalized spacial score (nSPS) is 9.88. The minimum atomic E-state index is -0.108. The first-order valence-corrected chi connectivity index (χ1v) is 5.70. The van der Waals surface area contributed by atoms with E-state index in [4.69, 9.17) is 21.1 Å². The van der Waals surface area contributed by atoms with Crippen molar-refractivity contribution in [3.63, 3.8) is 0 Å². The van der Waals surface area contributed by atoms with E-state index in [0.717, 1.165) is 0 Å². The molecule has 4 nitrogen and oxygen atoms in total. The first kappa shape index (κ1) is 13.6. The third kappa shape index (κ3) is 3.53. The van der Waals surface area contributed by atoms with Crippen LogP contribution in [0.1, 0.15) is 10.4 Å². The molecule has 0 radical (unpaired) electrons. The largest absolute Gasteiger partial charge is 0.497 e. The predicted octanol–water partition coefficient (Wildman–Crippen LogP) is 2.01. The molecule has 1 rings (SSSR count). The third-order valence-electron chi connectivity index (χ3n) is 2.37. The van der Waals surface area contributed by atoms with E-state index in [2.05, 4.69) is 0 Å². The molecular weight excluding hydrogens is 242 g/mol. The van der Waals surface area contributed by atoms with Crippen molar-refractivity contribution in [2.24, 2.45) is 0 Å². The number of ether oxygens (including phenoxy) is 2. The van der Waals surface area contributed by atoms with E-state index in [0.29, 0.717) is 29.5 Å². The molecule has 1 amide bonds. The van der Waals surface area contributed by atoms with E-state index >= 15 is 0 Å². The molecular formula is C12H16ClNO3.